The summed E-state index contributed by atoms with van der Waals surface area (Å²) in [7, 11) is 0. The van der Waals surface area contributed by atoms with E-state index in [2.05, 4.69) is 83.6 Å². The van der Waals surface area contributed by atoms with Crippen molar-refractivity contribution < 1.29 is 9.59 Å². The van der Waals surface area contributed by atoms with Crippen molar-refractivity contribution in [2.75, 3.05) is 10.6 Å². The largest absolute Gasteiger partial charge is 0.378 e. The van der Waals surface area contributed by atoms with Crippen LogP contribution in [-0.2, 0) is 32.6 Å². The molecule has 0 bridgehead atoms. The third-order valence-electron chi connectivity index (χ3n) is 9.84. The Kier molecular flexibility index (Phi) is 12.4. The highest BCUT2D eigenvalue weighted by Crippen LogP contribution is 2.19. The van der Waals surface area contributed by atoms with E-state index in [9.17, 15) is 9.59 Å². The van der Waals surface area contributed by atoms with Crippen LogP contribution in [0.1, 0.15) is 68.8 Å². The second-order valence-corrected chi connectivity index (χ2v) is 14.1. The highest BCUT2D eigenvalue weighted by atomic mass is 16.2. The first-order chi connectivity index (χ1) is 29.9. The van der Waals surface area contributed by atoms with Gasteiger partial charge in [-0.2, -0.15) is 5.10 Å². The molecule has 18 heteroatoms. The number of hydrogen-bond donors (Lipinski definition) is 6. The van der Waals surface area contributed by atoms with Crippen LogP contribution in [0.4, 0.5) is 11.4 Å². The molecule has 1 atom stereocenters. The monoisotopic (exact) mass is 814 g/mol. The molecule has 0 spiro atoms. The fourth-order valence-corrected chi connectivity index (χ4v) is 6.58. The van der Waals surface area contributed by atoms with Gasteiger partial charge in [-0.15, -0.1) is 20.4 Å². The molecule has 2 aromatic carbocycles. The van der Waals surface area contributed by atoms with Crippen molar-refractivity contribution in [3.05, 3.63) is 162 Å². The summed E-state index contributed by atoms with van der Waals surface area (Å²) in [5.41, 5.74) is 6.14. The van der Waals surface area contributed by atoms with Crippen LogP contribution < -0.4 is 21.3 Å². The number of amides is 2. The molecule has 8 rings (SSSR count). The van der Waals surface area contributed by atoms with E-state index in [1.165, 1.54) is 6.33 Å². The van der Waals surface area contributed by atoms with E-state index in [1.807, 2.05) is 65.3 Å². The van der Waals surface area contributed by atoms with Crippen molar-refractivity contribution in [3.63, 3.8) is 0 Å². The van der Waals surface area contributed by atoms with E-state index < -0.39 is 0 Å². The molecule has 8 aromatic rings. The van der Waals surface area contributed by atoms with Crippen LogP contribution in [0.5, 0.6) is 0 Å². The fourth-order valence-electron chi connectivity index (χ4n) is 6.58. The van der Waals surface area contributed by atoms with Gasteiger partial charge in [0.1, 0.15) is 23.8 Å². The smallest absolute Gasteiger partial charge is 0.251 e. The first-order valence-corrected chi connectivity index (χ1v) is 19.6. The number of anilines is 2. The molecule has 0 aliphatic rings. The number of rotatable bonds is 18. The zero-order chi connectivity index (χ0) is 41.8. The maximum Gasteiger partial charge on any atom is 0.251 e. The van der Waals surface area contributed by atoms with Crippen LogP contribution in [-0.4, -0.2) is 71.9 Å². The number of H-pyrrole nitrogens is 2. The molecule has 0 saturated heterocycles. The lowest BCUT2D eigenvalue weighted by molar-refractivity contribution is 0.0942. The van der Waals surface area contributed by atoms with Crippen molar-refractivity contribution in [2.45, 2.75) is 52.0 Å². The van der Waals surface area contributed by atoms with E-state index in [-0.39, 0.29) is 24.4 Å². The summed E-state index contributed by atoms with van der Waals surface area (Å²) < 4.78 is 1.82. The molecule has 61 heavy (non-hydrogen) atoms. The van der Waals surface area contributed by atoms with Gasteiger partial charge in [0.15, 0.2) is 11.6 Å². The standard InChI is InChI=1S/C43H42N16O2/c1-28(59-39(51-27-52-59)26-50-43(61)32-6-3-9-35(22-32)48-25-38-54-41(58-56-38)30-14-19-45-20-15-30)10-11-36-33(7-4-16-46-36)23-49-42(60)31-5-2-8-34(21-31)47-24-37-53-40(57-55-37)29-12-17-44-18-13-29/h2-9,12-22,27-28,47-48H,10-11,23-26H2,1H3,(H,49,60)(H,50,61)(H,53,55,57)(H,54,56,58). The molecule has 0 aliphatic heterocycles. The van der Waals surface area contributed by atoms with Gasteiger partial charge in [-0.3, -0.25) is 24.5 Å². The second kappa shape index (κ2) is 19.1. The number of hydrogen-bond acceptors (Lipinski definition) is 13. The quantitative estimate of drug-likeness (QED) is 0.0645. The van der Waals surface area contributed by atoms with Crippen molar-refractivity contribution in [1.29, 1.82) is 0 Å². The Morgan fingerprint density at radius 3 is 1.80 bits per heavy atom. The van der Waals surface area contributed by atoms with Gasteiger partial charge in [0.2, 0.25) is 0 Å². The summed E-state index contributed by atoms with van der Waals surface area (Å²) in [6.45, 7) is 3.36. The average Bonchev–Trinajstić information content (AvgIpc) is 4.11. The Bertz CT molecular complexity index is 2700. The Morgan fingerprint density at radius 2 is 1.21 bits per heavy atom. The first kappa shape index (κ1) is 39.7. The van der Waals surface area contributed by atoms with Gasteiger partial charge in [0.25, 0.3) is 11.8 Å². The van der Waals surface area contributed by atoms with Crippen LogP contribution in [0.3, 0.4) is 0 Å². The summed E-state index contributed by atoms with van der Waals surface area (Å²) >= 11 is 0. The normalized spacial score (nSPS) is 11.5. The van der Waals surface area contributed by atoms with Gasteiger partial charge in [-0.1, -0.05) is 18.2 Å². The molecular weight excluding hydrogens is 773 g/mol. The third-order valence-corrected chi connectivity index (χ3v) is 9.84. The van der Waals surface area contributed by atoms with Crippen LogP contribution in [0.25, 0.3) is 22.8 Å². The molecule has 306 valence electrons. The summed E-state index contributed by atoms with van der Waals surface area (Å²) in [6, 6.07) is 25.8. The van der Waals surface area contributed by atoms with Crippen LogP contribution in [0.15, 0.2) is 122 Å². The Morgan fingerprint density at radius 1 is 0.639 bits per heavy atom. The predicted molar refractivity (Wildman–Crippen MR) is 226 cm³/mol. The molecule has 2 amide bonds. The maximum atomic E-state index is 13.3. The zero-order valence-corrected chi connectivity index (χ0v) is 33.2. The Hall–Kier alpha value is -8.15. The van der Waals surface area contributed by atoms with Crippen molar-refractivity contribution in [1.82, 2.24) is 70.7 Å². The lowest BCUT2D eigenvalue weighted by Crippen LogP contribution is -2.26. The first-order valence-electron chi connectivity index (χ1n) is 19.6. The number of benzene rings is 2. The summed E-state index contributed by atoms with van der Waals surface area (Å²) in [6.07, 6.45) is 11.4. The topological polar surface area (TPSA) is 235 Å². The minimum Gasteiger partial charge on any atom is -0.378 e. The van der Waals surface area contributed by atoms with Gasteiger partial charge in [0.05, 0.1) is 25.7 Å². The molecule has 18 nitrogen and oxygen atoms in total. The highest BCUT2D eigenvalue weighted by Gasteiger charge is 2.16. The van der Waals surface area contributed by atoms with Gasteiger partial charge in [-0.25, -0.2) is 9.67 Å². The molecular formula is C43H42N16O2. The molecule has 6 N–H and O–H groups in total. The summed E-state index contributed by atoms with van der Waals surface area (Å²) in [4.78, 5) is 50.0. The van der Waals surface area contributed by atoms with Gasteiger partial charge in [-0.05, 0) is 92.1 Å². The van der Waals surface area contributed by atoms with Crippen molar-refractivity contribution in [3.8, 4) is 22.8 Å². The number of nitrogens with one attached hydrogen (secondary N) is 6. The molecule has 6 aromatic heterocycles. The molecule has 0 fully saturated rings. The molecule has 1 unspecified atom stereocenters. The molecule has 0 saturated carbocycles. The van der Waals surface area contributed by atoms with E-state index in [1.54, 1.807) is 55.2 Å². The molecule has 0 aliphatic carbocycles. The SMILES string of the molecule is CC(CCc1ncccc1CNC(=O)c1cccc(NCc2nnc(-c3ccncc3)[nH]2)c1)n1ncnc1CNC(=O)c1cccc(NCc2nnc(-c3ccncc3)[nH]2)c1. The third kappa shape index (κ3) is 10.3. The number of carbonyl (C=O) groups excluding carboxylic acids is 2. The minimum absolute atomic E-state index is 0.0454. The van der Waals surface area contributed by atoms with Gasteiger partial charge in [0, 0.05) is 76.9 Å². The zero-order valence-electron chi connectivity index (χ0n) is 33.2. The number of aryl methyl sites for hydroxylation is 1. The van der Waals surface area contributed by atoms with E-state index in [4.69, 9.17) is 0 Å². The van der Waals surface area contributed by atoms with E-state index in [0.717, 1.165) is 33.8 Å². The minimum atomic E-state index is -0.240. The average molecular weight is 815 g/mol. The van der Waals surface area contributed by atoms with Gasteiger partial charge >= 0.3 is 0 Å². The molecule has 0 radical (unpaired) electrons. The van der Waals surface area contributed by atoms with E-state index in [0.29, 0.717) is 72.7 Å². The number of pyridine rings is 3. The number of carbonyl (C=O) groups is 2. The highest BCUT2D eigenvalue weighted by molar-refractivity contribution is 5.95. The van der Waals surface area contributed by atoms with Crippen LogP contribution >= 0.6 is 0 Å². The lowest BCUT2D eigenvalue weighted by Gasteiger charge is -2.16. The van der Waals surface area contributed by atoms with Crippen molar-refractivity contribution >= 4 is 23.2 Å². The lowest BCUT2D eigenvalue weighted by atomic mass is 10.1. The van der Waals surface area contributed by atoms with Gasteiger partial charge < -0.3 is 31.2 Å². The van der Waals surface area contributed by atoms with E-state index >= 15 is 0 Å². The number of aromatic nitrogens is 12. The maximum absolute atomic E-state index is 13.3. The fraction of sp³-hybridized carbons (Fsp3) is 0.186. The molecule has 6 heterocycles. The number of nitrogens with zero attached hydrogens (tertiary/aromatic N) is 10. The Labute approximate surface area is 350 Å². The Balaban J connectivity index is 0.801. The van der Waals surface area contributed by atoms with Crippen molar-refractivity contribution in [2.24, 2.45) is 0 Å². The van der Waals surface area contributed by atoms with Crippen LogP contribution in [0.2, 0.25) is 0 Å². The summed E-state index contributed by atoms with van der Waals surface area (Å²) in [5, 5.41) is 34.0. The second-order valence-electron chi connectivity index (χ2n) is 14.1. The number of aromatic amines is 2. The van der Waals surface area contributed by atoms with Crippen LogP contribution in [0, 0.1) is 0 Å². The summed E-state index contributed by atoms with van der Waals surface area (Å²) in [5.74, 6) is 2.82. The predicted octanol–water partition coefficient (Wildman–Crippen LogP) is 5.31.